The van der Waals surface area contributed by atoms with Gasteiger partial charge in [-0.3, -0.25) is 4.79 Å². The van der Waals surface area contributed by atoms with Gasteiger partial charge in [-0.1, -0.05) is 71.9 Å². The van der Waals surface area contributed by atoms with Crippen molar-refractivity contribution in [3.63, 3.8) is 0 Å². The number of amides is 1. The van der Waals surface area contributed by atoms with Gasteiger partial charge in [-0.25, -0.2) is 0 Å². The lowest BCUT2D eigenvalue weighted by atomic mass is 9.79. The molecule has 0 atom stereocenters. The number of nitrogens with one attached hydrogen (secondary N) is 1. The predicted molar refractivity (Wildman–Crippen MR) is 142 cm³/mol. The zero-order chi connectivity index (χ0) is 25.8. The Balaban J connectivity index is 1.78. The van der Waals surface area contributed by atoms with Gasteiger partial charge in [-0.05, 0) is 46.2 Å². The number of hydrogen-bond acceptors (Lipinski definition) is 4. The van der Waals surface area contributed by atoms with Gasteiger partial charge >= 0.3 is 0 Å². The summed E-state index contributed by atoms with van der Waals surface area (Å²) in [6, 6.07) is 18.9. The van der Waals surface area contributed by atoms with Crippen molar-refractivity contribution >= 4 is 11.6 Å². The van der Waals surface area contributed by atoms with Crippen LogP contribution in [0, 0.1) is 0 Å². The molecule has 0 aromatic heterocycles. The maximum atomic E-state index is 13.2. The minimum absolute atomic E-state index is 0.0206. The van der Waals surface area contributed by atoms with E-state index in [-0.39, 0.29) is 28.1 Å². The fourth-order valence-corrected chi connectivity index (χ4v) is 3.86. The minimum atomic E-state index is -0.356. The third-order valence-corrected chi connectivity index (χ3v) is 5.95. The summed E-state index contributed by atoms with van der Waals surface area (Å²) in [5.74, 6) is 1.15. The molecular formula is C30H37NO4. The van der Waals surface area contributed by atoms with E-state index in [9.17, 15) is 9.90 Å². The van der Waals surface area contributed by atoms with Crippen molar-refractivity contribution in [2.24, 2.45) is 0 Å². The average molecular weight is 476 g/mol. The fraction of sp³-hybridized carbons (Fsp3) is 0.367. The van der Waals surface area contributed by atoms with Gasteiger partial charge in [-0.15, -0.1) is 0 Å². The van der Waals surface area contributed by atoms with E-state index in [1.807, 2.05) is 63.2 Å². The normalized spacial score (nSPS) is 11.7. The van der Waals surface area contributed by atoms with Crippen molar-refractivity contribution in [3.8, 4) is 17.2 Å². The Bertz CT molecular complexity index is 1190. The lowest BCUT2D eigenvalue weighted by Gasteiger charge is -2.27. The molecular weight excluding hydrogens is 438 g/mol. The van der Waals surface area contributed by atoms with Crippen LogP contribution in [0.2, 0.25) is 0 Å². The Kier molecular flexibility index (Phi) is 7.79. The first-order valence-electron chi connectivity index (χ1n) is 11.9. The molecule has 0 radical (unpaired) electrons. The van der Waals surface area contributed by atoms with Gasteiger partial charge < -0.3 is 19.9 Å². The van der Waals surface area contributed by atoms with Gasteiger partial charge in [0, 0.05) is 23.7 Å². The van der Waals surface area contributed by atoms with Crippen molar-refractivity contribution in [1.29, 1.82) is 0 Å². The predicted octanol–water partition coefficient (Wildman–Crippen LogP) is 6.87. The van der Waals surface area contributed by atoms with E-state index < -0.39 is 0 Å². The van der Waals surface area contributed by atoms with E-state index in [4.69, 9.17) is 9.47 Å². The summed E-state index contributed by atoms with van der Waals surface area (Å²) in [6.45, 7) is 12.9. The molecule has 0 heterocycles. The SMILES string of the molecule is COc1ccccc1CCOc1cccc(NC(=O)c2cc(C(C)(C)C)cc(C(C)(C)C)c2O)c1. The van der Waals surface area contributed by atoms with Gasteiger partial charge in [0.2, 0.25) is 0 Å². The van der Waals surface area contributed by atoms with Gasteiger partial charge in [0.15, 0.2) is 0 Å². The van der Waals surface area contributed by atoms with E-state index >= 15 is 0 Å². The first-order valence-corrected chi connectivity index (χ1v) is 11.9. The van der Waals surface area contributed by atoms with E-state index in [0.29, 0.717) is 24.5 Å². The highest BCUT2D eigenvalue weighted by atomic mass is 16.5. The van der Waals surface area contributed by atoms with Crippen LogP contribution < -0.4 is 14.8 Å². The summed E-state index contributed by atoms with van der Waals surface area (Å²) >= 11 is 0. The molecule has 0 aliphatic carbocycles. The molecule has 0 saturated carbocycles. The maximum absolute atomic E-state index is 13.2. The number of rotatable bonds is 7. The monoisotopic (exact) mass is 475 g/mol. The largest absolute Gasteiger partial charge is 0.507 e. The van der Waals surface area contributed by atoms with Crippen molar-refractivity contribution in [1.82, 2.24) is 0 Å². The molecule has 1 amide bonds. The number of aromatic hydroxyl groups is 1. The number of carbonyl (C=O) groups is 1. The van der Waals surface area contributed by atoms with Crippen LogP contribution in [0.25, 0.3) is 0 Å². The van der Waals surface area contributed by atoms with E-state index in [1.54, 1.807) is 25.3 Å². The van der Waals surface area contributed by atoms with Crippen molar-refractivity contribution in [3.05, 3.63) is 82.9 Å². The number of hydrogen-bond donors (Lipinski definition) is 2. The highest BCUT2D eigenvalue weighted by molar-refractivity contribution is 6.06. The number of phenols is 1. The second-order valence-electron chi connectivity index (χ2n) is 10.8. The molecule has 0 aliphatic heterocycles. The minimum Gasteiger partial charge on any atom is -0.507 e. The third kappa shape index (κ3) is 6.56. The zero-order valence-electron chi connectivity index (χ0n) is 21.9. The van der Waals surface area contributed by atoms with Gasteiger partial charge in [0.05, 0.1) is 19.3 Å². The number of anilines is 1. The number of carbonyl (C=O) groups excluding carboxylic acids is 1. The smallest absolute Gasteiger partial charge is 0.259 e. The Morgan fingerprint density at radius 3 is 2.29 bits per heavy atom. The molecule has 5 nitrogen and oxygen atoms in total. The lowest BCUT2D eigenvalue weighted by Crippen LogP contribution is -2.20. The standard InChI is InChI=1S/C30H37NO4/c1-29(2,3)21-17-24(27(32)25(18-21)30(4,5)6)28(33)31-22-12-10-13-23(19-22)35-16-15-20-11-8-9-14-26(20)34-7/h8-14,17-19,32H,15-16H2,1-7H3,(H,31,33). The Morgan fingerprint density at radius 1 is 0.914 bits per heavy atom. The van der Waals surface area contributed by atoms with Crippen LogP contribution in [-0.4, -0.2) is 24.7 Å². The number of para-hydroxylation sites is 1. The van der Waals surface area contributed by atoms with Crippen molar-refractivity contribution < 1.29 is 19.4 Å². The van der Waals surface area contributed by atoms with E-state index in [2.05, 4.69) is 26.1 Å². The molecule has 186 valence electrons. The molecule has 2 N–H and O–H groups in total. The van der Waals surface area contributed by atoms with E-state index in [1.165, 1.54) is 0 Å². The molecule has 0 saturated heterocycles. The number of benzene rings is 3. The summed E-state index contributed by atoms with van der Waals surface area (Å²) in [6.07, 6.45) is 0.698. The molecule has 0 fully saturated rings. The summed E-state index contributed by atoms with van der Waals surface area (Å²) in [7, 11) is 1.66. The van der Waals surface area contributed by atoms with Crippen LogP contribution >= 0.6 is 0 Å². The second kappa shape index (κ2) is 10.4. The third-order valence-electron chi connectivity index (χ3n) is 5.95. The Hall–Kier alpha value is -3.47. The average Bonchev–Trinajstić information content (AvgIpc) is 2.78. The molecule has 3 aromatic carbocycles. The lowest BCUT2D eigenvalue weighted by molar-refractivity contribution is 0.102. The van der Waals surface area contributed by atoms with Crippen LogP contribution in [0.4, 0.5) is 5.69 Å². The van der Waals surface area contributed by atoms with Crippen molar-refractivity contribution in [2.45, 2.75) is 58.8 Å². The number of phenolic OH excluding ortho intramolecular Hbond substituents is 1. The summed E-state index contributed by atoms with van der Waals surface area (Å²) in [4.78, 5) is 13.2. The van der Waals surface area contributed by atoms with Crippen LogP contribution in [-0.2, 0) is 17.3 Å². The molecule has 0 bridgehead atoms. The van der Waals surface area contributed by atoms with Gasteiger partial charge in [0.1, 0.15) is 17.2 Å². The van der Waals surface area contributed by atoms with Crippen LogP contribution in [0.5, 0.6) is 17.2 Å². The summed E-state index contributed by atoms with van der Waals surface area (Å²) < 4.78 is 11.3. The first-order chi connectivity index (χ1) is 16.4. The van der Waals surface area contributed by atoms with Gasteiger partial charge in [0.25, 0.3) is 5.91 Å². The Labute approximate surface area is 209 Å². The van der Waals surface area contributed by atoms with Crippen molar-refractivity contribution in [2.75, 3.05) is 19.0 Å². The molecule has 5 heteroatoms. The van der Waals surface area contributed by atoms with Crippen LogP contribution in [0.1, 0.15) is 68.6 Å². The maximum Gasteiger partial charge on any atom is 0.259 e. The zero-order valence-corrected chi connectivity index (χ0v) is 21.9. The van der Waals surface area contributed by atoms with Crippen LogP contribution in [0.15, 0.2) is 60.7 Å². The number of ether oxygens (including phenoxy) is 2. The fourth-order valence-electron chi connectivity index (χ4n) is 3.86. The first kappa shape index (κ1) is 26.1. The number of methoxy groups -OCH3 is 1. The highest BCUT2D eigenvalue weighted by Gasteiger charge is 2.27. The topological polar surface area (TPSA) is 67.8 Å². The molecule has 0 aliphatic rings. The second-order valence-corrected chi connectivity index (χ2v) is 10.8. The van der Waals surface area contributed by atoms with Gasteiger partial charge in [-0.2, -0.15) is 0 Å². The molecule has 0 unspecified atom stereocenters. The molecule has 35 heavy (non-hydrogen) atoms. The molecule has 3 aromatic rings. The summed E-state index contributed by atoms with van der Waals surface area (Å²) in [5, 5.41) is 13.9. The Morgan fingerprint density at radius 2 is 1.63 bits per heavy atom. The van der Waals surface area contributed by atoms with Crippen LogP contribution in [0.3, 0.4) is 0 Å². The summed E-state index contributed by atoms with van der Waals surface area (Å²) in [5.41, 5.74) is 3.21. The highest BCUT2D eigenvalue weighted by Crippen LogP contribution is 2.38. The quantitative estimate of drug-likeness (QED) is 0.391. The molecule has 3 rings (SSSR count). The molecule has 0 spiro atoms. The van der Waals surface area contributed by atoms with E-state index in [0.717, 1.165) is 22.4 Å².